The number of nitrogens with one attached hydrogen (secondary N) is 1. The Balaban J connectivity index is 2.31. The summed E-state index contributed by atoms with van der Waals surface area (Å²) in [7, 11) is 0. The Morgan fingerprint density at radius 2 is 2.10 bits per heavy atom. The number of anilines is 1. The van der Waals surface area contributed by atoms with E-state index in [1.807, 2.05) is 0 Å². The minimum absolute atomic E-state index is 0.151. The molecule has 2 rings (SSSR count). The predicted octanol–water partition coefficient (Wildman–Crippen LogP) is 1.50. The molecule has 3 N–H and O–H groups in total. The summed E-state index contributed by atoms with van der Waals surface area (Å²) in [6, 6.07) is 5.73. The van der Waals surface area contributed by atoms with Crippen LogP contribution in [0.15, 0.2) is 29.3 Å². The standard InChI is InChI=1S/C15H16N4O2/c1-4-9(2)19-13(14(16)18-15(19)21)11-5-7-12(8-6-11)17-10(3)20/h1,5-9,13H,2-3H3,(H,17,20)(H2,16,18,21). The molecule has 0 fully saturated rings. The van der Waals surface area contributed by atoms with Gasteiger partial charge in [0.1, 0.15) is 11.9 Å². The van der Waals surface area contributed by atoms with Crippen molar-refractivity contribution < 1.29 is 9.59 Å². The predicted molar refractivity (Wildman–Crippen MR) is 80.6 cm³/mol. The molecule has 3 amide bonds. The van der Waals surface area contributed by atoms with Crippen LogP contribution in [0.3, 0.4) is 0 Å². The number of urea groups is 1. The first kappa shape index (κ1) is 14.6. The van der Waals surface area contributed by atoms with Crippen molar-refractivity contribution in [1.29, 1.82) is 0 Å². The molecular formula is C15H16N4O2. The summed E-state index contributed by atoms with van der Waals surface area (Å²) < 4.78 is 0. The number of hydrogen-bond donors (Lipinski definition) is 2. The quantitative estimate of drug-likeness (QED) is 0.824. The summed E-state index contributed by atoms with van der Waals surface area (Å²) in [5.41, 5.74) is 7.31. The molecule has 0 bridgehead atoms. The van der Waals surface area contributed by atoms with Gasteiger partial charge in [0, 0.05) is 12.6 Å². The van der Waals surface area contributed by atoms with Crippen LogP contribution in [0.2, 0.25) is 0 Å². The fraction of sp³-hybridized carbons (Fsp3) is 0.267. The number of benzene rings is 1. The number of carbonyl (C=O) groups is 2. The largest absolute Gasteiger partial charge is 0.385 e. The first-order chi connectivity index (χ1) is 9.93. The van der Waals surface area contributed by atoms with Crippen molar-refractivity contribution in [2.45, 2.75) is 25.9 Å². The van der Waals surface area contributed by atoms with E-state index < -0.39 is 18.1 Å². The highest BCUT2D eigenvalue weighted by Gasteiger charge is 2.37. The number of rotatable bonds is 3. The van der Waals surface area contributed by atoms with Crippen molar-refractivity contribution in [2.24, 2.45) is 10.7 Å². The fourth-order valence-corrected chi connectivity index (χ4v) is 2.24. The molecule has 2 atom stereocenters. The van der Waals surface area contributed by atoms with Crippen molar-refractivity contribution in [2.75, 3.05) is 5.32 Å². The average Bonchev–Trinajstić information content (AvgIpc) is 2.73. The Hall–Kier alpha value is -2.81. The van der Waals surface area contributed by atoms with Crippen molar-refractivity contribution in [3.8, 4) is 12.3 Å². The number of aliphatic imine (C=N–C) groups is 1. The highest BCUT2D eigenvalue weighted by molar-refractivity contribution is 6.03. The molecule has 21 heavy (non-hydrogen) atoms. The molecule has 6 heteroatoms. The zero-order chi connectivity index (χ0) is 15.6. The van der Waals surface area contributed by atoms with Crippen LogP contribution in [-0.4, -0.2) is 28.7 Å². The van der Waals surface area contributed by atoms with Gasteiger partial charge >= 0.3 is 6.03 Å². The van der Waals surface area contributed by atoms with Gasteiger partial charge in [-0.1, -0.05) is 18.1 Å². The van der Waals surface area contributed by atoms with Crippen molar-refractivity contribution >= 4 is 23.5 Å². The summed E-state index contributed by atoms with van der Waals surface area (Å²) in [6.45, 7) is 3.18. The van der Waals surface area contributed by atoms with Crippen LogP contribution in [0, 0.1) is 12.3 Å². The zero-order valence-electron chi connectivity index (χ0n) is 11.8. The van der Waals surface area contributed by atoms with Gasteiger partial charge in [0.25, 0.3) is 0 Å². The van der Waals surface area contributed by atoms with Gasteiger partial charge in [-0.2, -0.15) is 4.99 Å². The number of nitrogens with two attached hydrogens (primary N) is 1. The molecule has 0 saturated carbocycles. The number of hydrogen-bond acceptors (Lipinski definition) is 3. The molecule has 1 aromatic rings. The first-order valence-corrected chi connectivity index (χ1v) is 6.44. The Kier molecular flexibility index (Phi) is 3.94. The average molecular weight is 284 g/mol. The van der Waals surface area contributed by atoms with Gasteiger partial charge < -0.3 is 11.1 Å². The SMILES string of the molecule is C#CC(C)N1C(=O)N=C(N)C1c1ccc(NC(C)=O)cc1. The second-order valence-corrected chi connectivity index (χ2v) is 4.77. The van der Waals surface area contributed by atoms with Gasteiger partial charge in [0.05, 0.1) is 6.04 Å². The lowest BCUT2D eigenvalue weighted by Gasteiger charge is -2.27. The highest BCUT2D eigenvalue weighted by Crippen LogP contribution is 2.29. The number of nitrogens with zero attached hydrogens (tertiary/aromatic N) is 2. The highest BCUT2D eigenvalue weighted by atomic mass is 16.2. The molecule has 0 aliphatic carbocycles. The third-order valence-corrected chi connectivity index (χ3v) is 3.21. The second-order valence-electron chi connectivity index (χ2n) is 4.77. The van der Waals surface area contributed by atoms with E-state index in [1.165, 1.54) is 11.8 Å². The minimum atomic E-state index is -0.477. The third kappa shape index (κ3) is 2.87. The zero-order valence-corrected chi connectivity index (χ0v) is 11.8. The molecule has 1 aliphatic heterocycles. The molecule has 0 spiro atoms. The summed E-state index contributed by atoms with van der Waals surface area (Å²) in [6.07, 6.45) is 5.40. The van der Waals surface area contributed by atoms with Crippen LogP contribution in [0.1, 0.15) is 25.5 Å². The van der Waals surface area contributed by atoms with E-state index in [2.05, 4.69) is 16.2 Å². The normalized spacial score (nSPS) is 18.9. The molecule has 1 aromatic carbocycles. The lowest BCUT2D eigenvalue weighted by molar-refractivity contribution is -0.114. The Morgan fingerprint density at radius 3 is 2.62 bits per heavy atom. The van der Waals surface area contributed by atoms with Gasteiger partial charge in [0.2, 0.25) is 5.91 Å². The van der Waals surface area contributed by atoms with Crippen molar-refractivity contribution in [3.05, 3.63) is 29.8 Å². The van der Waals surface area contributed by atoms with Crippen LogP contribution >= 0.6 is 0 Å². The molecule has 1 aliphatic rings. The monoisotopic (exact) mass is 284 g/mol. The summed E-state index contributed by atoms with van der Waals surface area (Å²) in [5, 5.41) is 2.67. The van der Waals surface area contributed by atoms with Gasteiger partial charge in [-0.25, -0.2) is 4.79 Å². The summed E-state index contributed by atoms with van der Waals surface area (Å²) >= 11 is 0. The molecule has 0 saturated heterocycles. The van der Waals surface area contributed by atoms with Crippen LogP contribution in [0.4, 0.5) is 10.5 Å². The lowest BCUT2D eigenvalue weighted by Crippen LogP contribution is -2.38. The van der Waals surface area contributed by atoms with Crippen LogP contribution in [0.25, 0.3) is 0 Å². The molecule has 0 radical (unpaired) electrons. The van der Waals surface area contributed by atoms with E-state index >= 15 is 0 Å². The fourth-order valence-electron chi connectivity index (χ4n) is 2.24. The van der Waals surface area contributed by atoms with Crippen LogP contribution < -0.4 is 11.1 Å². The molecule has 0 aromatic heterocycles. The maximum atomic E-state index is 11.9. The smallest absolute Gasteiger partial charge is 0.347 e. The van der Waals surface area contributed by atoms with Gasteiger partial charge in [-0.3, -0.25) is 9.69 Å². The number of amidine groups is 1. The lowest BCUT2D eigenvalue weighted by atomic mass is 10.0. The number of amides is 3. The van der Waals surface area contributed by atoms with Crippen molar-refractivity contribution in [3.63, 3.8) is 0 Å². The van der Waals surface area contributed by atoms with Gasteiger partial charge in [-0.15, -0.1) is 6.42 Å². The Labute approximate surface area is 123 Å². The molecular weight excluding hydrogens is 268 g/mol. The summed E-state index contributed by atoms with van der Waals surface area (Å²) in [4.78, 5) is 28.1. The molecule has 108 valence electrons. The minimum Gasteiger partial charge on any atom is -0.385 e. The summed E-state index contributed by atoms with van der Waals surface area (Å²) in [5.74, 6) is 2.58. The van der Waals surface area contributed by atoms with E-state index in [0.717, 1.165) is 5.56 Å². The number of carbonyl (C=O) groups excluding carboxylic acids is 2. The van der Waals surface area contributed by atoms with E-state index in [4.69, 9.17) is 12.2 Å². The second kappa shape index (κ2) is 5.67. The van der Waals surface area contributed by atoms with E-state index in [9.17, 15) is 9.59 Å². The third-order valence-electron chi connectivity index (χ3n) is 3.21. The van der Waals surface area contributed by atoms with E-state index in [0.29, 0.717) is 5.69 Å². The maximum Gasteiger partial charge on any atom is 0.347 e. The molecule has 6 nitrogen and oxygen atoms in total. The van der Waals surface area contributed by atoms with Crippen LogP contribution in [0.5, 0.6) is 0 Å². The maximum absolute atomic E-state index is 11.9. The first-order valence-electron chi connectivity index (χ1n) is 6.44. The van der Waals surface area contributed by atoms with Gasteiger partial charge in [0.15, 0.2) is 0 Å². The van der Waals surface area contributed by atoms with E-state index in [-0.39, 0.29) is 11.7 Å². The van der Waals surface area contributed by atoms with Gasteiger partial charge in [-0.05, 0) is 24.6 Å². The molecule has 2 unspecified atom stereocenters. The van der Waals surface area contributed by atoms with Crippen LogP contribution in [-0.2, 0) is 4.79 Å². The Bertz CT molecular complexity index is 643. The number of terminal acetylenes is 1. The topological polar surface area (TPSA) is 87.8 Å². The van der Waals surface area contributed by atoms with E-state index in [1.54, 1.807) is 31.2 Å². The Morgan fingerprint density at radius 1 is 1.48 bits per heavy atom. The molecule has 1 heterocycles. The van der Waals surface area contributed by atoms with Crippen molar-refractivity contribution in [1.82, 2.24) is 4.90 Å².